The molecule has 1 unspecified atom stereocenters. The van der Waals surface area contributed by atoms with Gasteiger partial charge in [-0.3, -0.25) is 4.79 Å². The van der Waals surface area contributed by atoms with Crippen LogP contribution in [0.4, 0.5) is 20.4 Å². The number of aromatic nitrogens is 3. The second-order valence-electron chi connectivity index (χ2n) is 6.52. The highest BCUT2D eigenvalue weighted by atomic mass is 19.1. The Hall–Kier alpha value is -2.84. The van der Waals surface area contributed by atoms with Gasteiger partial charge in [-0.25, -0.2) is 23.7 Å². The second kappa shape index (κ2) is 7.19. The highest BCUT2D eigenvalue weighted by molar-refractivity contribution is 5.88. The molecule has 0 spiro atoms. The standard InChI is InChI=1S/C17H20F2N6O/c1-17(2,16(26)21-6-4-18)25-13-3-5-20-15(24-13)12-9-23-14-11(12)7-10(19)8-22-14/h3,5,7-8,12H,4,6,9H2,1-2H3,(H,21,26)(H,22,23)(H,20,24,25). The molecule has 1 atom stereocenters. The van der Waals surface area contributed by atoms with Gasteiger partial charge in [-0.05, 0) is 26.0 Å². The molecule has 2 aromatic heterocycles. The van der Waals surface area contributed by atoms with Gasteiger partial charge in [-0.2, -0.15) is 0 Å². The monoisotopic (exact) mass is 362 g/mol. The summed E-state index contributed by atoms with van der Waals surface area (Å²) >= 11 is 0. The van der Waals surface area contributed by atoms with Crippen LogP contribution in [0.1, 0.15) is 31.2 Å². The summed E-state index contributed by atoms with van der Waals surface area (Å²) in [5.41, 5.74) is -0.289. The van der Waals surface area contributed by atoms with Crippen molar-refractivity contribution in [3.05, 3.63) is 41.7 Å². The van der Waals surface area contributed by atoms with Gasteiger partial charge in [0.1, 0.15) is 35.5 Å². The number of amides is 1. The third-order valence-electron chi connectivity index (χ3n) is 4.11. The molecule has 0 bridgehead atoms. The number of nitrogens with one attached hydrogen (secondary N) is 3. The molecule has 1 aliphatic rings. The third kappa shape index (κ3) is 3.71. The average Bonchev–Trinajstić information content (AvgIpc) is 3.02. The summed E-state index contributed by atoms with van der Waals surface area (Å²) in [5.74, 6) is 0.566. The number of fused-ring (bicyclic) bond motifs is 1. The molecule has 0 saturated heterocycles. The first kappa shape index (κ1) is 18.0. The van der Waals surface area contributed by atoms with E-state index >= 15 is 0 Å². The van der Waals surface area contributed by atoms with Crippen molar-refractivity contribution in [2.45, 2.75) is 25.3 Å². The molecule has 7 nitrogen and oxygen atoms in total. The summed E-state index contributed by atoms with van der Waals surface area (Å²) in [7, 11) is 0. The van der Waals surface area contributed by atoms with Crippen molar-refractivity contribution in [2.75, 3.05) is 30.4 Å². The van der Waals surface area contributed by atoms with E-state index in [1.165, 1.54) is 6.07 Å². The Bertz CT molecular complexity index is 814. The number of hydrogen-bond acceptors (Lipinski definition) is 6. The van der Waals surface area contributed by atoms with E-state index in [0.29, 0.717) is 29.6 Å². The molecular weight excluding hydrogens is 342 g/mol. The third-order valence-corrected chi connectivity index (χ3v) is 4.11. The van der Waals surface area contributed by atoms with Crippen LogP contribution in [0, 0.1) is 5.82 Å². The van der Waals surface area contributed by atoms with Crippen LogP contribution < -0.4 is 16.0 Å². The van der Waals surface area contributed by atoms with Crippen molar-refractivity contribution in [3.63, 3.8) is 0 Å². The first-order valence-electron chi connectivity index (χ1n) is 8.25. The highest BCUT2D eigenvalue weighted by Crippen LogP contribution is 2.33. The van der Waals surface area contributed by atoms with Crippen molar-refractivity contribution < 1.29 is 13.6 Å². The summed E-state index contributed by atoms with van der Waals surface area (Å²) in [6.45, 7) is 3.19. The minimum Gasteiger partial charge on any atom is -0.369 e. The number of rotatable bonds is 6. The lowest BCUT2D eigenvalue weighted by atomic mass is 10.0. The molecule has 1 amide bonds. The first-order chi connectivity index (χ1) is 12.4. The van der Waals surface area contributed by atoms with E-state index < -0.39 is 18.0 Å². The lowest BCUT2D eigenvalue weighted by Gasteiger charge is -2.25. The molecule has 0 aromatic carbocycles. The van der Waals surface area contributed by atoms with Crippen LogP contribution in [0.2, 0.25) is 0 Å². The molecule has 1 aliphatic heterocycles. The van der Waals surface area contributed by atoms with E-state index in [2.05, 4.69) is 30.9 Å². The van der Waals surface area contributed by atoms with E-state index in [0.717, 1.165) is 6.20 Å². The van der Waals surface area contributed by atoms with Crippen molar-refractivity contribution in [1.29, 1.82) is 0 Å². The molecule has 2 aromatic rings. The predicted molar refractivity (Wildman–Crippen MR) is 93.2 cm³/mol. The predicted octanol–water partition coefficient (Wildman–Crippen LogP) is 1.84. The Kier molecular flexibility index (Phi) is 4.97. The molecule has 3 heterocycles. The van der Waals surface area contributed by atoms with Gasteiger partial charge in [-0.15, -0.1) is 0 Å². The fourth-order valence-electron chi connectivity index (χ4n) is 2.78. The van der Waals surface area contributed by atoms with Gasteiger partial charge in [-0.1, -0.05) is 0 Å². The Balaban J connectivity index is 1.80. The van der Waals surface area contributed by atoms with Crippen molar-refractivity contribution in [3.8, 4) is 0 Å². The maximum atomic E-state index is 13.5. The van der Waals surface area contributed by atoms with Crippen LogP contribution in [-0.2, 0) is 4.79 Å². The summed E-state index contributed by atoms with van der Waals surface area (Å²) in [5, 5.41) is 8.64. The number of nitrogens with zero attached hydrogens (tertiary/aromatic N) is 3. The van der Waals surface area contributed by atoms with Crippen LogP contribution in [0.5, 0.6) is 0 Å². The smallest absolute Gasteiger partial charge is 0.245 e. The van der Waals surface area contributed by atoms with Crippen LogP contribution >= 0.6 is 0 Å². The summed E-state index contributed by atoms with van der Waals surface area (Å²) in [4.78, 5) is 24.9. The number of alkyl halides is 1. The molecule has 3 rings (SSSR count). The second-order valence-corrected chi connectivity index (χ2v) is 6.52. The Morgan fingerprint density at radius 2 is 2.23 bits per heavy atom. The Labute approximate surface area is 149 Å². The highest BCUT2D eigenvalue weighted by Gasteiger charge is 2.30. The summed E-state index contributed by atoms with van der Waals surface area (Å²) in [6, 6.07) is 3.06. The van der Waals surface area contributed by atoms with Gasteiger partial charge in [0.25, 0.3) is 0 Å². The molecule has 0 radical (unpaired) electrons. The lowest BCUT2D eigenvalue weighted by molar-refractivity contribution is -0.124. The Morgan fingerprint density at radius 3 is 3.00 bits per heavy atom. The molecule has 26 heavy (non-hydrogen) atoms. The number of carbonyl (C=O) groups excluding carboxylic acids is 1. The molecule has 138 valence electrons. The number of halogens is 2. The summed E-state index contributed by atoms with van der Waals surface area (Å²) in [6.07, 6.45) is 2.73. The topological polar surface area (TPSA) is 91.8 Å². The minimum absolute atomic E-state index is 0.0396. The van der Waals surface area contributed by atoms with Gasteiger partial charge in [0.2, 0.25) is 5.91 Å². The van der Waals surface area contributed by atoms with Gasteiger partial charge < -0.3 is 16.0 Å². The number of pyridine rings is 1. The fraction of sp³-hybridized carbons (Fsp3) is 0.412. The normalized spacial score (nSPS) is 15.9. The minimum atomic E-state index is -0.986. The number of anilines is 2. The average molecular weight is 362 g/mol. The van der Waals surface area contributed by atoms with Gasteiger partial charge in [0.15, 0.2) is 0 Å². The molecule has 0 saturated carbocycles. The maximum absolute atomic E-state index is 13.5. The number of hydrogen-bond donors (Lipinski definition) is 3. The Morgan fingerprint density at radius 1 is 1.42 bits per heavy atom. The fourth-order valence-corrected chi connectivity index (χ4v) is 2.78. The van der Waals surface area contributed by atoms with Gasteiger partial charge in [0, 0.05) is 24.8 Å². The van der Waals surface area contributed by atoms with E-state index in [1.807, 2.05) is 0 Å². The quantitative estimate of drug-likeness (QED) is 0.726. The molecule has 9 heteroatoms. The van der Waals surface area contributed by atoms with Crippen molar-refractivity contribution >= 4 is 17.5 Å². The molecule has 0 aliphatic carbocycles. The maximum Gasteiger partial charge on any atom is 0.245 e. The van der Waals surface area contributed by atoms with Crippen molar-refractivity contribution in [2.24, 2.45) is 0 Å². The molecule has 3 N–H and O–H groups in total. The van der Waals surface area contributed by atoms with E-state index in [9.17, 15) is 13.6 Å². The zero-order chi connectivity index (χ0) is 18.7. The van der Waals surface area contributed by atoms with Crippen LogP contribution in [-0.4, -0.2) is 46.2 Å². The van der Waals surface area contributed by atoms with Gasteiger partial charge >= 0.3 is 0 Å². The van der Waals surface area contributed by atoms with E-state index in [1.54, 1.807) is 26.1 Å². The number of carbonyl (C=O) groups is 1. The van der Waals surface area contributed by atoms with Crippen LogP contribution in [0.15, 0.2) is 24.5 Å². The molecular formula is C17H20F2N6O. The van der Waals surface area contributed by atoms with E-state index in [4.69, 9.17) is 0 Å². The largest absolute Gasteiger partial charge is 0.369 e. The van der Waals surface area contributed by atoms with Crippen LogP contribution in [0.25, 0.3) is 0 Å². The lowest BCUT2D eigenvalue weighted by Crippen LogP contribution is -2.48. The summed E-state index contributed by atoms with van der Waals surface area (Å²) < 4.78 is 25.8. The zero-order valence-corrected chi connectivity index (χ0v) is 14.5. The van der Waals surface area contributed by atoms with Crippen LogP contribution in [0.3, 0.4) is 0 Å². The zero-order valence-electron chi connectivity index (χ0n) is 14.5. The SMILES string of the molecule is CC(C)(Nc1ccnc(C2CNc3ncc(F)cc32)n1)C(=O)NCCF. The van der Waals surface area contributed by atoms with E-state index in [-0.39, 0.29) is 18.4 Å². The molecule has 0 fully saturated rings. The first-order valence-corrected chi connectivity index (χ1v) is 8.25. The van der Waals surface area contributed by atoms with Gasteiger partial charge in [0.05, 0.1) is 12.1 Å². The van der Waals surface area contributed by atoms with Crippen molar-refractivity contribution in [1.82, 2.24) is 20.3 Å².